The Morgan fingerprint density at radius 2 is 1.94 bits per heavy atom. The van der Waals surface area contributed by atoms with Crippen molar-refractivity contribution >= 4 is 17.5 Å². The number of ether oxygens (including phenoxy) is 2. The zero-order chi connectivity index (χ0) is 13.0. The third kappa shape index (κ3) is 2.82. The van der Waals surface area contributed by atoms with Crippen molar-refractivity contribution in [1.29, 1.82) is 0 Å². The van der Waals surface area contributed by atoms with Gasteiger partial charge in [0.05, 0.1) is 5.56 Å². The van der Waals surface area contributed by atoms with E-state index in [1.54, 1.807) is 30.3 Å². The van der Waals surface area contributed by atoms with Crippen molar-refractivity contribution in [3.8, 4) is 0 Å². The number of carbonyl (C=O) groups is 3. The Hall–Kier alpha value is -2.43. The van der Waals surface area contributed by atoms with Gasteiger partial charge in [0.25, 0.3) is 0 Å². The van der Waals surface area contributed by atoms with Crippen LogP contribution in [0.15, 0.2) is 42.2 Å². The molecule has 0 amide bonds. The van der Waals surface area contributed by atoms with Gasteiger partial charge in [0, 0.05) is 6.08 Å². The standard InChI is InChI=1S/C13H10O5/c14-11-6-10(17-8-12(11)15)7-18-13(16)9-4-2-1-3-5-9/h1-6H,7-8H2. The zero-order valence-electron chi connectivity index (χ0n) is 9.42. The average molecular weight is 246 g/mol. The Labute approximate surface area is 103 Å². The minimum Gasteiger partial charge on any atom is -0.486 e. The molecule has 0 atom stereocenters. The quantitative estimate of drug-likeness (QED) is 0.585. The van der Waals surface area contributed by atoms with Crippen LogP contribution >= 0.6 is 0 Å². The van der Waals surface area contributed by atoms with Crippen molar-refractivity contribution in [3.05, 3.63) is 47.7 Å². The summed E-state index contributed by atoms with van der Waals surface area (Å²) in [7, 11) is 0. The summed E-state index contributed by atoms with van der Waals surface area (Å²) in [6.07, 6.45) is 1.05. The van der Waals surface area contributed by atoms with Crippen LogP contribution in [0.5, 0.6) is 0 Å². The molecule has 5 heteroatoms. The Morgan fingerprint density at radius 1 is 1.22 bits per heavy atom. The number of hydrogen-bond donors (Lipinski definition) is 0. The highest BCUT2D eigenvalue weighted by atomic mass is 16.6. The van der Waals surface area contributed by atoms with E-state index in [9.17, 15) is 14.4 Å². The molecule has 0 saturated heterocycles. The predicted octanol–water partition coefficient (Wildman–Crippen LogP) is 0.896. The largest absolute Gasteiger partial charge is 0.486 e. The average Bonchev–Trinajstić information content (AvgIpc) is 2.41. The van der Waals surface area contributed by atoms with Crippen molar-refractivity contribution in [2.45, 2.75) is 0 Å². The second-order valence-corrected chi connectivity index (χ2v) is 3.63. The van der Waals surface area contributed by atoms with E-state index in [2.05, 4.69) is 0 Å². The van der Waals surface area contributed by atoms with Crippen LogP contribution in [0.2, 0.25) is 0 Å². The smallest absolute Gasteiger partial charge is 0.338 e. The second kappa shape index (κ2) is 5.27. The molecule has 92 valence electrons. The van der Waals surface area contributed by atoms with E-state index in [-0.39, 0.29) is 19.0 Å². The van der Waals surface area contributed by atoms with Crippen LogP contribution in [-0.4, -0.2) is 30.7 Å². The van der Waals surface area contributed by atoms with Crippen molar-refractivity contribution in [3.63, 3.8) is 0 Å². The number of benzene rings is 1. The van der Waals surface area contributed by atoms with Gasteiger partial charge >= 0.3 is 5.97 Å². The van der Waals surface area contributed by atoms with Crippen LogP contribution in [0.25, 0.3) is 0 Å². The van der Waals surface area contributed by atoms with Crippen molar-refractivity contribution in [2.75, 3.05) is 13.2 Å². The van der Waals surface area contributed by atoms with E-state index in [0.29, 0.717) is 5.56 Å². The summed E-state index contributed by atoms with van der Waals surface area (Å²) in [4.78, 5) is 33.5. The fourth-order valence-electron chi connectivity index (χ4n) is 1.38. The van der Waals surface area contributed by atoms with Crippen LogP contribution in [0, 0.1) is 0 Å². The lowest BCUT2D eigenvalue weighted by Gasteiger charge is -2.13. The number of rotatable bonds is 3. The minimum atomic E-state index is -0.632. The molecule has 1 aliphatic heterocycles. The summed E-state index contributed by atoms with van der Waals surface area (Å²) in [5.74, 6) is -1.56. The van der Waals surface area contributed by atoms with Crippen LogP contribution in [0.3, 0.4) is 0 Å². The van der Waals surface area contributed by atoms with Gasteiger partial charge in [0.2, 0.25) is 11.6 Å². The Balaban J connectivity index is 1.93. The van der Waals surface area contributed by atoms with Gasteiger partial charge in [-0.05, 0) is 12.1 Å². The second-order valence-electron chi connectivity index (χ2n) is 3.63. The summed E-state index contributed by atoms with van der Waals surface area (Å²) < 4.78 is 9.92. The summed E-state index contributed by atoms with van der Waals surface area (Å²) >= 11 is 0. The van der Waals surface area contributed by atoms with E-state index >= 15 is 0 Å². The molecule has 5 nitrogen and oxygen atoms in total. The first-order valence-corrected chi connectivity index (χ1v) is 5.29. The number of esters is 1. The third-order valence-electron chi connectivity index (χ3n) is 2.31. The minimum absolute atomic E-state index is 0.160. The molecule has 0 N–H and O–H groups in total. The first kappa shape index (κ1) is 12.0. The monoisotopic (exact) mass is 246 g/mol. The molecule has 2 rings (SSSR count). The highest BCUT2D eigenvalue weighted by Crippen LogP contribution is 2.08. The van der Waals surface area contributed by atoms with Gasteiger partial charge < -0.3 is 9.47 Å². The number of allylic oxidation sites excluding steroid dienone is 1. The molecule has 1 aromatic carbocycles. The van der Waals surface area contributed by atoms with Gasteiger partial charge in [-0.25, -0.2) is 4.79 Å². The van der Waals surface area contributed by atoms with Gasteiger partial charge in [-0.3, -0.25) is 9.59 Å². The Kier molecular flexibility index (Phi) is 3.52. The SMILES string of the molecule is O=C1C=C(COC(=O)c2ccccc2)OCC1=O. The summed E-state index contributed by atoms with van der Waals surface area (Å²) in [6, 6.07) is 8.46. The van der Waals surface area contributed by atoms with Gasteiger partial charge in [-0.15, -0.1) is 0 Å². The van der Waals surface area contributed by atoms with E-state index in [0.717, 1.165) is 6.08 Å². The molecular weight excluding hydrogens is 236 g/mol. The van der Waals surface area contributed by atoms with Crippen molar-refractivity contribution < 1.29 is 23.9 Å². The Bertz CT molecular complexity index is 515. The number of carbonyl (C=O) groups excluding carboxylic acids is 3. The first-order chi connectivity index (χ1) is 8.66. The predicted molar refractivity (Wildman–Crippen MR) is 60.8 cm³/mol. The van der Waals surface area contributed by atoms with Gasteiger partial charge in [-0.1, -0.05) is 18.2 Å². The lowest BCUT2D eigenvalue weighted by molar-refractivity contribution is -0.137. The molecule has 0 fully saturated rings. The maximum absolute atomic E-state index is 11.6. The molecule has 0 bridgehead atoms. The normalized spacial score (nSPS) is 14.8. The maximum atomic E-state index is 11.6. The third-order valence-corrected chi connectivity index (χ3v) is 2.31. The van der Waals surface area contributed by atoms with Gasteiger partial charge in [0.15, 0.2) is 6.61 Å². The topological polar surface area (TPSA) is 69.7 Å². The van der Waals surface area contributed by atoms with E-state index in [1.165, 1.54) is 0 Å². The van der Waals surface area contributed by atoms with Crippen molar-refractivity contribution in [1.82, 2.24) is 0 Å². The number of ketones is 2. The van der Waals surface area contributed by atoms with Crippen LogP contribution in [-0.2, 0) is 19.1 Å². The molecule has 0 aromatic heterocycles. The number of hydrogen-bond acceptors (Lipinski definition) is 5. The van der Waals surface area contributed by atoms with Crippen LogP contribution < -0.4 is 0 Å². The van der Waals surface area contributed by atoms with Crippen LogP contribution in [0.4, 0.5) is 0 Å². The zero-order valence-corrected chi connectivity index (χ0v) is 9.42. The molecule has 0 radical (unpaired) electrons. The molecule has 0 aliphatic carbocycles. The first-order valence-electron chi connectivity index (χ1n) is 5.29. The lowest BCUT2D eigenvalue weighted by Crippen LogP contribution is -2.25. The van der Waals surface area contributed by atoms with Crippen LogP contribution in [0.1, 0.15) is 10.4 Å². The molecule has 0 unspecified atom stereocenters. The molecular formula is C13H10O5. The number of Topliss-reactive ketones (excluding diaryl/α,β-unsaturated/α-hetero) is 1. The molecule has 18 heavy (non-hydrogen) atoms. The van der Waals surface area contributed by atoms with Gasteiger partial charge in [0.1, 0.15) is 12.4 Å². The van der Waals surface area contributed by atoms with E-state index in [1.807, 2.05) is 0 Å². The van der Waals surface area contributed by atoms with Gasteiger partial charge in [-0.2, -0.15) is 0 Å². The molecule has 0 spiro atoms. The lowest BCUT2D eigenvalue weighted by atomic mass is 10.2. The maximum Gasteiger partial charge on any atom is 0.338 e. The summed E-state index contributed by atoms with van der Waals surface area (Å²) in [5.41, 5.74) is 0.413. The molecule has 0 saturated carbocycles. The Morgan fingerprint density at radius 3 is 2.61 bits per heavy atom. The van der Waals surface area contributed by atoms with E-state index in [4.69, 9.17) is 9.47 Å². The van der Waals surface area contributed by atoms with E-state index < -0.39 is 17.5 Å². The molecule has 1 aromatic rings. The van der Waals surface area contributed by atoms with Crippen molar-refractivity contribution in [2.24, 2.45) is 0 Å². The summed E-state index contributed by atoms with van der Waals surface area (Å²) in [6.45, 7) is -0.458. The highest BCUT2D eigenvalue weighted by molar-refractivity contribution is 6.42. The molecule has 1 heterocycles. The molecule has 1 aliphatic rings. The fourth-order valence-corrected chi connectivity index (χ4v) is 1.38. The highest BCUT2D eigenvalue weighted by Gasteiger charge is 2.20. The fraction of sp³-hybridized carbons (Fsp3) is 0.154. The summed E-state index contributed by atoms with van der Waals surface area (Å²) in [5, 5.41) is 0.